The Labute approximate surface area is 143 Å². The highest BCUT2D eigenvalue weighted by Crippen LogP contribution is 2.31. The SMILES string of the molecule is COc1ccc(C)cc1N(CCC(=O)N1CCOCC1)S(C)(=O)=O. The third-order valence-electron chi connectivity index (χ3n) is 3.90. The molecule has 1 heterocycles. The summed E-state index contributed by atoms with van der Waals surface area (Å²) < 4.78 is 36.2. The van der Waals surface area contributed by atoms with Crippen LogP contribution < -0.4 is 9.04 Å². The Morgan fingerprint density at radius 2 is 2.00 bits per heavy atom. The summed E-state index contributed by atoms with van der Waals surface area (Å²) in [6.07, 6.45) is 1.25. The molecule has 8 heteroatoms. The second kappa shape index (κ2) is 7.85. The van der Waals surface area contributed by atoms with E-state index in [9.17, 15) is 13.2 Å². The number of rotatable bonds is 6. The van der Waals surface area contributed by atoms with Crippen molar-refractivity contribution in [1.29, 1.82) is 0 Å². The zero-order chi connectivity index (χ0) is 17.7. The predicted octanol–water partition coefficient (Wildman–Crippen LogP) is 1.02. The fourth-order valence-electron chi connectivity index (χ4n) is 2.63. The zero-order valence-electron chi connectivity index (χ0n) is 14.3. The van der Waals surface area contributed by atoms with Gasteiger partial charge in [0, 0.05) is 26.1 Å². The number of carbonyl (C=O) groups is 1. The van der Waals surface area contributed by atoms with Crippen LogP contribution in [0.15, 0.2) is 18.2 Å². The molecule has 134 valence electrons. The molecule has 0 radical (unpaired) electrons. The molecule has 1 aromatic carbocycles. The van der Waals surface area contributed by atoms with E-state index in [2.05, 4.69) is 0 Å². The van der Waals surface area contributed by atoms with Gasteiger partial charge in [0.25, 0.3) is 0 Å². The highest BCUT2D eigenvalue weighted by Gasteiger charge is 2.24. The minimum absolute atomic E-state index is 0.0708. The third kappa shape index (κ3) is 4.61. The van der Waals surface area contributed by atoms with Crippen LogP contribution in [0, 0.1) is 6.92 Å². The smallest absolute Gasteiger partial charge is 0.232 e. The summed E-state index contributed by atoms with van der Waals surface area (Å²) in [4.78, 5) is 14.0. The van der Waals surface area contributed by atoms with Crippen LogP contribution in [0.25, 0.3) is 0 Å². The van der Waals surface area contributed by atoms with Crippen molar-refractivity contribution in [2.75, 3.05) is 50.5 Å². The number of morpholine rings is 1. The van der Waals surface area contributed by atoms with E-state index >= 15 is 0 Å². The number of carbonyl (C=O) groups excluding carboxylic acids is 1. The minimum Gasteiger partial charge on any atom is -0.495 e. The third-order valence-corrected chi connectivity index (χ3v) is 5.08. The average molecular weight is 356 g/mol. The molecule has 1 fully saturated rings. The van der Waals surface area contributed by atoms with Crippen molar-refractivity contribution in [2.45, 2.75) is 13.3 Å². The Balaban J connectivity index is 2.18. The van der Waals surface area contributed by atoms with Crippen LogP contribution in [0.3, 0.4) is 0 Å². The van der Waals surface area contributed by atoms with Crippen LogP contribution in [0.2, 0.25) is 0 Å². The molecule has 0 bridgehead atoms. The molecule has 2 rings (SSSR count). The average Bonchev–Trinajstić information content (AvgIpc) is 2.54. The molecule has 1 saturated heterocycles. The number of hydrogen-bond acceptors (Lipinski definition) is 5. The van der Waals surface area contributed by atoms with Crippen LogP contribution in [-0.2, 0) is 19.6 Å². The van der Waals surface area contributed by atoms with Gasteiger partial charge in [0.15, 0.2) is 0 Å². The molecule has 24 heavy (non-hydrogen) atoms. The van der Waals surface area contributed by atoms with Crippen molar-refractivity contribution >= 4 is 21.6 Å². The van der Waals surface area contributed by atoms with Gasteiger partial charge in [0.2, 0.25) is 15.9 Å². The van der Waals surface area contributed by atoms with Crippen LogP contribution in [0.1, 0.15) is 12.0 Å². The Hall–Kier alpha value is -1.80. The first-order chi connectivity index (χ1) is 11.3. The van der Waals surface area contributed by atoms with E-state index in [-0.39, 0.29) is 18.9 Å². The summed E-state index contributed by atoms with van der Waals surface area (Å²) in [5.41, 5.74) is 1.37. The second-order valence-corrected chi connectivity index (χ2v) is 7.66. The molecular formula is C16H24N2O5S. The molecule has 0 unspecified atom stereocenters. The van der Waals surface area contributed by atoms with Gasteiger partial charge < -0.3 is 14.4 Å². The normalized spacial score (nSPS) is 15.2. The van der Waals surface area contributed by atoms with Crippen molar-refractivity contribution in [1.82, 2.24) is 4.90 Å². The van der Waals surface area contributed by atoms with Crippen molar-refractivity contribution < 1.29 is 22.7 Å². The van der Waals surface area contributed by atoms with E-state index in [4.69, 9.17) is 9.47 Å². The molecule has 0 saturated carbocycles. The first kappa shape index (κ1) is 18.5. The van der Waals surface area contributed by atoms with Crippen molar-refractivity contribution in [2.24, 2.45) is 0 Å². The van der Waals surface area contributed by atoms with E-state index in [1.165, 1.54) is 11.4 Å². The van der Waals surface area contributed by atoms with Crippen molar-refractivity contribution in [3.63, 3.8) is 0 Å². The first-order valence-electron chi connectivity index (χ1n) is 7.81. The Morgan fingerprint density at radius 3 is 2.58 bits per heavy atom. The van der Waals surface area contributed by atoms with Crippen LogP contribution in [0.4, 0.5) is 5.69 Å². The Kier molecular flexibility index (Phi) is 6.06. The lowest BCUT2D eigenvalue weighted by Gasteiger charge is -2.29. The van der Waals surface area contributed by atoms with Crippen LogP contribution in [-0.4, -0.2) is 65.4 Å². The molecule has 0 aliphatic carbocycles. The first-order valence-corrected chi connectivity index (χ1v) is 9.65. The quantitative estimate of drug-likeness (QED) is 0.761. The molecule has 1 amide bonds. The number of hydrogen-bond donors (Lipinski definition) is 0. The fourth-order valence-corrected chi connectivity index (χ4v) is 3.55. The van der Waals surface area contributed by atoms with Crippen LogP contribution in [0.5, 0.6) is 5.75 Å². The Morgan fingerprint density at radius 1 is 1.33 bits per heavy atom. The van der Waals surface area contributed by atoms with Crippen molar-refractivity contribution in [3.8, 4) is 5.75 Å². The number of amides is 1. The molecule has 7 nitrogen and oxygen atoms in total. The van der Waals surface area contributed by atoms with Gasteiger partial charge in [-0.1, -0.05) is 6.07 Å². The fraction of sp³-hybridized carbons (Fsp3) is 0.562. The number of sulfonamides is 1. The number of ether oxygens (including phenoxy) is 2. The van der Waals surface area contributed by atoms with Gasteiger partial charge in [-0.15, -0.1) is 0 Å². The molecule has 1 aliphatic heterocycles. The largest absolute Gasteiger partial charge is 0.495 e. The monoisotopic (exact) mass is 356 g/mol. The highest BCUT2D eigenvalue weighted by atomic mass is 32.2. The minimum atomic E-state index is -3.54. The Bertz CT molecular complexity index is 684. The number of benzene rings is 1. The molecule has 1 aliphatic rings. The molecule has 0 atom stereocenters. The summed E-state index contributed by atoms with van der Waals surface area (Å²) in [6, 6.07) is 5.33. The standard InChI is InChI=1S/C16H24N2O5S/c1-13-4-5-15(22-2)14(12-13)18(24(3,20)21)7-6-16(19)17-8-10-23-11-9-17/h4-5,12H,6-11H2,1-3H3. The summed E-state index contributed by atoms with van der Waals surface area (Å²) in [7, 11) is -2.04. The molecule has 0 spiro atoms. The van der Waals surface area contributed by atoms with Crippen molar-refractivity contribution in [3.05, 3.63) is 23.8 Å². The van der Waals surface area contributed by atoms with Gasteiger partial charge >= 0.3 is 0 Å². The van der Waals surface area contributed by atoms with Gasteiger partial charge in [-0.05, 0) is 24.6 Å². The van der Waals surface area contributed by atoms with Gasteiger partial charge in [0.05, 0.1) is 32.3 Å². The van der Waals surface area contributed by atoms with E-state index in [1.54, 1.807) is 17.0 Å². The summed E-state index contributed by atoms with van der Waals surface area (Å²) in [5.74, 6) is 0.392. The maximum Gasteiger partial charge on any atom is 0.232 e. The molecule has 1 aromatic rings. The lowest BCUT2D eigenvalue weighted by atomic mass is 10.2. The number of methoxy groups -OCH3 is 1. The lowest BCUT2D eigenvalue weighted by Crippen LogP contribution is -2.42. The number of nitrogens with zero attached hydrogens (tertiary/aromatic N) is 2. The molecule has 0 aromatic heterocycles. The topological polar surface area (TPSA) is 76.2 Å². The van der Waals surface area contributed by atoms with Gasteiger partial charge in [0.1, 0.15) is 5.75 Å². The highest BCUT2D eigenvalue weighted by molar-refractivity contribution is 7.92. The number of anilines is 1. The van der Waals surface area contributed by atoms with E-state index in [0.717, 1.165) is 11.8 Å². The zero-order valence-corrected chi connectivity index (χ0v) is 15.1. The van der Waals surface area contributed by atoms with E-state index in [1.807, 2.05) is 13.0 Å². The van der Waals surface area contributed by atoms with Gasteiger partial charge in [-0.2, -0.15) is 0 Å². The predicted molar refractivity (Wildman–Crippen MR) is 91.9 cm³/mol. The summed E-state index contributed by atoms with van der Waals surface area (Å²) in [6.45, 7) is 4.09. The maximum atomic E-state index is 12.3. The lowest BCUT2D eigenvalue weighted by molar-refractivity contribution is -0.135. The molecular weight excluding hydrogens is 332 g/mol. The summed E-state index contributed by atoms with van der Waals surface area (Å²) >= 11 is 0. The number of aryl methyl sites for hydroxylation is 1. The van der Waals surface area contributed by atoms with Gasteiger partial charge in [-0.3, -0.25) is 9.10 Å². The molecule has 0 N–H and O–H groups in total. The maximum absolute atomic E-state index is 12.3. The van der Waals surface area contributed by atoms with Gasteiger partial charge in [-0.25, -0.2) is 8.42 Å². The summed E-state index contributed by atoms with van der Waals surface area (Å²) in [5, 5.41) is 0. The van der Waals surface area contributed by atoms with Crippen LogP contribution >= 0.6 is 0 Å². The second-order valence-electron chi connectivity index (χ2n) is 5.75. The van der Waals surface area contributed by atoms with E-state index < -0.39 is 10.0 Å². The van der Waals surface area contributed by atoms with E-state index in [0.29, 0.717) is 37.7 Å².